The second-order valence-corrected chi connectivity index (χ2v) is 9.23. The molecule has 1 aromatic heterocycles. The standard InChI is InChI=1S/C26H26N4O4/c1-16(15-31)12-29-14-21-20(8-9-22(27)23(21)24(29)32)18-7-5-6-17(10-18)19-11-28-30(13-19)25(33)34-26(2,3)4/h5-11,13,15H,1,12,14,27H2,2-4H3. The topological polar surface area (TPSA) is 108 Å². The average Bonchev–Trinajstić information content (AvgIpc) is 3.39. The SMILES string of the molecule is C=C(C=O)CN1Cc2c(-c3cccc(-c4cnn(C(=O)OC(C)(C)C)c4)c3)ccc(N)c2C1=O. The Balaban J connectivity index is 1.67. The minimum atomic E-state index is -0.623. The molecule has 1 amide bonds. The van der Waals surface area contributed by atoms with Crippen molar-refractivity contribution >= 4 is 24.0 Å². The fourth-order valence-electron chi connectivity index (χ4n) is 3.93. The largest absolute Gasteiger partial charge is 0.442 e. The van der Waals surface area contributed by atoms with E-state index in [9.17, 15) is 14.4 Å². The van der Waals surface area contributed by atoms with Crippen LogP contribution in [0, 0.1) is 0 Å². The van der Waals surface area contributed by atoms with Gasteiger partial charge in [-0.3, -0.25) is 9.59 Å². The molecule has 0 atom stereocenters. The lowest BCUT2D eigenvalue weighted by atomic mass is 9.94. The van der Waals surface area contributed by atoms with Gasteiger partial charge < -0.3 is 15.4 Å². The van der Waals surface area contributed by atoms with Crippen LogP contribution in [0.2, 0.25) is 0 Å². The number of carbonyl (C=O) groups is 3. The van der Waals surface area contributed by atoms with Gasteiger partial charge in [0.25, 0.3) is 5.91 Å². The highest BCUT2D eigenvalue weighted by Gasteiger charge is 2.32. The molecule has 0 aliphatic carbocycles. The van der Waals surface area contributed by atoms with Crippen LogP contribution >= 0.6 is 0 Å². The molecule has 0 radical (unpaired) electrons. The molecule has 0 saturated heterocycles. The quantitative estimate of drug-likeness (QED) is 0.347. The minimum absolute atomic E-state index is 0.153. The van der Waals surface area contributed by atoms with E-state index >= 15 is 0 Å². The smallest absolute Gasteiger partial charge is 0.435 e. The summed E-state index contributed by atoms with van der Waals surface area (Å²) >= 11 is 0. The zero-order valence-electron chi connectivity index (χ0n) is 19.4. The number of carbonyl (C=O) groups excluding carboxylic acids is 3. The number of benzene rings is 2. The number of nitrogens with zero attached hydrogens (tertiary/aromatic N) is 3. The van der Waals surface area contributed by atoms with E-state index in [1.54, 1.807) is 44.1 Å². The molecule has 174 valence electrons. The summed E-state index contributed by atoms with van der Waals surface area (Å²) in [6.45, 7) is 9.56. The van der Waals surface area contributed by atoms with Crippen molar-refractivity contribution < 1.29 is 19.1 Å². The van der Waals surface area contributed by atoms with Crippen LogP contribution in [0.15, 0.2) is 60.9 Å². The third kappa shape index (κ3) is 4.47. The Hall–Kier alpha value is -4.20. The van der Waals surface area contributed by atoms with Crippen molar-refractivity contribution in [3.8, 4) is 22.3 Å². The monoisotopic (exact) mass is 458 g/mol. The average molecular weight is 459 g/mol. The van der Waals surface area contributed by atoms with Crippen molar-refractivity contribution in [3.05, 3.63) is 72.1 Å². The van der Waals surface area contributed by atoms with Gasteiger partial charge in [-0.15, -0.1) is 0 Å². The Morgan fingerprint density at radius 3 is 2.65 bits per heavy atom. The third-order valence-electron chi connectivity index (χ3n) is 5.43. The molecule has 0 bridgehead atoms. The summed E-state index contributed by atoms with van der Waals surface area (Å²) in [6, 6.07) is 11.4. The number of anilines is 1. The Labute approximate surface area is 197 Å². The summed E-state index contributed by atoms with van der Waals surface area (Å²) in [5, 5.41) is 4.14. The van der Waals surface area contributed by atoms with E-state index in [1.165, 1.54) is 4.68 Å². The summed E-state index contributed by atoms with van der Waals surface area (Å²) in [7, 11) is 0. The summed E-state index contributed by atoms with van der Waals surface area (Å²) in [5.74, 6) is -0.216. The number of nitrogens with two attached hydrogens (primary N) is 1. The van der Waals surface area contributed by atoms with Crippen molar-refractivity contribution in [2.45, 2.75) is 32.9 Å². The molecule has 8 heteroatoms. The number of ether oxygens (including phenoxy) is 1. The fourth-order valence-corrected chi connectivity index (χ4v) is 3.93. The highest BCUT2D eigenvalue weighted by atomic mass is 16.6. The van der Waals surface area contributed by atoms with Crippen LogP contribution in [0.5, 0.6) is 0 Å². The summed E-state index contributed by atoms with van der Waals surface area (Å²) in [5.41, 5.74) is 10.9. The number of aromatic nitrogens is 2. The van der Waals surface area contributed by atoms with Crippen LogP contribution in [0.3, 0.4) is 0 Å². The van der Waals surface area contributed by atoms with Crippen LogP contribution < -0.4 is 5.73 Å². The maximum absolute atomic E-state index is 12.9. The predicted octanol–water partition coefficient (Wildman–Crippen LogP) is 4.29. The first-order valence-corrected chi connectivity index (χ1v) is 10.8. The molecule has 0 spiro atoms. The van der Waals surface area contributed by atoms with Gasteiger partial charge in [-0.2, -0.15) is 9.78 Å². The Morgan fingerprint density at radius 1 is 1.21 bits per heavy atom. The zero-order chi connectivity index (χ0) is 24.6. The molecular weight excluding hydrogens is 432 g/mol. The number of aldehydes is 1. The van der Waals surface area contributed by atoms with Gasteiger partial charge in [-0.25, -0.2) is 4.79 Å². The van der Waals surface area contributed by atoms with Crippen molar-refractivity contribution in [2.75, 3.05) is 12.3 Å². The van der Waals surface area contributed by atoms with Crippen LogP contribution in [0.25, 0.3) is 22.3 Å². The highest BCUT2D eigenvalue weighted by Crippen LogP contribution is 2.37. The maximum Gasteiger partial charge on any atom is 0.435 e. The van der Waals surface area contributed by atoms with Crippen LogP contribution in [0.4, 0.5) is 10.5 Å². The molecule has 3 aromatic rings. The zero-order valence-corrected chi connectivity index (χ0v) is 19.4. The van der Waals surface area contributed by atoms with Gasteiger partial charge in [0.05, 0.1) is 11.8 Å². The predicted molar refractivity (Wildman–Crippen MR) is 129 cm³/mol. The molecule has 8 nitrogen and oxygen atoms in total. The first kappa shape index (κ1) is 23.0. The molecule has 2 aromatic carbocycles. The highest BCUT2D eigenvalue weighted by molar-refractivity contribution is 6.05. The molecular formula is C26H26N4O4. The van der Waals surface area contributed by atoms with Crippen molar-refractivity contribution in [2.24, 2.45) is 0 Å². The number of fused-ring (bicyclic) bond motifs is 1. The lowest BCUT2D eigenvalue weighted by Gasteiger charge is -2.18. The van der Waals surface area contributed by atoms with Crippen molar-refractivity contribution in [1.29, 1.82) is 0 Å². The maximum atomic E-state index is 12.9. The summed E-state index contributed by atoms with van der Waals surface area (Å²) in [4.78, 5) is 37.8. The van der Waals surface area contributed by atoms with Gasteiger partial charge in [0, 0.05) is 36.1 Å². The van der Waals surface area contributed by atoms with Crippen LogP contribution in [-0.4, -0.2) is 45.1 Å². The number of amides is 1. The molecule has 1 aliphatic rings. The van der Waals surface area contributed by atoms with Crippen LogP contribution in [0.1, 0.15) is 36.7 Å². The number of hydrogen-bond acceptors (Lipinski definition) is 6. The van der Waals surface area contributed by atoms with E-state index in [0.717, 1.165) is 27.8 Å². The van der Waals surface area contributed by atoms with Crippen molar-refractivity contribution in [1.82, 2.24) is 14.7 Å². The van der Waals surface area contributed by atoms with E-state index in [1.807, 2.05) is 30.3 Å². The molecule has 0 fully saturated rings. The fraction of sp³-hybridized carbons (Fsp3) is 0.231. The summed E-state index contributed by atoms with van der Waals surface area (Å²) < 4.78 is 6.54. The summed E-state index contributed by atoms with van der Waals surface area (Å²) in [6.07, 6.45) is 3.33. The van der Waals surface area contributed by atoms with E-state index in [0.29, 0.717) is 29.7 Å². The van der Waals surface area contributed by atoms with E-state index in [2.05, 4.69) is 11.7 Å². The molecule has 2 N–H and O–H groups in total. The third-order valence-corrected chi connectivity index (χ3v) is 5.43. The van der Waals surface area contributed by atoms with Gasteiger partial charge in [-0.1, -0.05) is 30.8 Å². The number of nitrogen functional groups attached to an aromatic ring is 1. The van der Waals surface area contributed by atoms with Gasteiger partial charge >= 0.3 is 6.09 Å². The second-order valence-electron chi connectivity index (χ2n) is 9.23. The molecule has 2 heterocycles. The second kappa shape index (κ2) is 8.62. The number of hydrogen-bond donors (Lipinski definition) is 1. The Morgan fingerprint density at radius 2 is 1.94 bits per heavy atom. The first-order chi connectivity index (χ1) is 16.1. The number of rotatable bonds is 5. The molecule has 34 heavy (non-hydrogen) atoms. The minimum Gasteiger partial charge on any atom is -0.442 e. The molecule has 0 unspecified atom stereocenters. The van der Waals surface area contributed by atoms with E-state index < -0.39 is 11.7 Å². The molecule has 0 saturated carbocycles. The van der Waals surface area contributed by atoms with Gasteiger partial charge in [0.2, 0.25) is 0 Å². The van der Waals surface area contributed by atoms with Crippen LogP contribution in [-0.2, 0) is 16.1 Å². The van der Waals surface area contributed by atoms with E-state index in [4.69, 9.17) is 10.5 Å². The lowest BCUT2D eigenvalue weighted by Crippen LogP contribution is -2.27. The first-order valence-electron chi connectivity index (χ1n) is 10.8. The van der Waals surface area contributed by atoms with Crippen molar-refractivity contribution in [3.63, 3.8) is 0 Å². The van der Waals surface area contributed by atoms with Gasteiger partial charge in [0.15, 0.2) is 0 Å². The lowest BCUT2D eigenvalue weighted by molar-refractivity contribution is -0.105. The van der Waals surface area contributed by atoms with Gasteiger partial charge in [0.1, 0.15) is 11.9 Å². The normalized spacial score (nSPS) is 13.0. The Bertz CT molecular complexity index is 1320. The van der Waals surface area contributed by atoms with E-state index in [-0.39, 0.29) is 12.5 Å². The Kier molecular flexibility index (Phi) is 5.83. The van der Waals surface area contributed by atoms with Gasteiger partial charge in [-0.05, 0) is 55.2 Å². The molecule has 4 rings (SSSR count). The molecule has 1 aliphatic heterocycles.